The van der Waals surface area contributed by atoms with Gasteiger partial charge >= 0.3 is 0 Å². The molecule has 1 aromatic heterocycles. The predicted octanol–water partition coefficient (Wildman–Crippen LogP) is 1.95. The molecule has 1 saturated heterocycles. The SMILES string of the molecule is Cc1ccnc(N(C)CC2CCN(C(C)C)C2)n1. The van der Waals surface area contributed by atoms with E-state index in [0.29, 0.717) is 6.04 Å². The fraction of sp³-hybridized carbons (Fsp3) is 0.714. The molecule has 0 saturated carbocycles. The Morgan fingerprint density at radius 3 is 2.89 bits per heavy atom. The molecule has 0 amide bonds. The zero-order valence-corrected chi connectivity index (χ0v) is 11.9. The van der Waals surface area contributed by atoms with Gasteiger partial charge in [0.25, 0.3) is 0 Å². The average molecular weight is 248 g/mol. The number of hydrogen-bond donors (Lipinski definition) is 0. The average Bonchev–Trinajstić information content (AvgIpc) is 2.77. The van der Waals surface area contributed by atoms with Crippen LogP contribution in [-0.2, 0) is 0 Å². The molecule has 0 spiro atoms. The molecule has 100 valence electrons. The zero-order chi connectivity index (χ0) is 13.1. The zero-order valence-electron chi connectivity index (χ0n) is 11.9. The lowest BCUT2D eigenvalue weighted by Crippen LogP contribution is -2.32. The summed E-state index contributed by atoms with van der Waals surface area (Å²) in [5, 5.41) is 0. The Hall–Kier alpha value is -1.16. The minimum atomic E-state index is 0.663. The summed E-state index contributed by atoms with van der Waals surface area (Å²) in [5.41, 5.74) is 1.03. The van der Waals surface area contributed by atoms with Gasteiger partial charge < -0.3 is 9.80 Å². The summed E-state index contributed by atoms with van der Waals surface area (Å²) in [4.78, 5) is 13.5. The second-order valence-corrected chi connectivity index (χ2v) is 5.62. The van der Waals surface area contributed by atoms with Crippen molar-refractivity contribution in [2.45, 2.75) is 33.2 Å². The molecular weight excluding hydrogens is 224 g/mol. The maximum Gasteiger partial charge on any atom is 0.225 e. The summed E-state index contributed by atoms with van der Waals surface area (Å²) < 4.78 is 0. The highest BCUT2D eigenvalue weighted by atomic mass is 15.2. The van der Waals surface area contributed by atoms with Gasteiger partial charge in [0.05, 0.1) is 0 Å². The van der Waals surface area contributed by atoms with Gasteiger partial charge in [-0.3, -0.25) is 0 Å². The maximum atomic E-state index is 4.47. The number of anilines is 1. The Balaban J connectivity index is 1.90. The second kappa shape index (κ2) is 5.65. The molecule has 1 atom stereocenters. The van der Waals surface area contributed by atoms with Gasteiger partial charge in [-0.1, -0.05) is 0 Å². The van der Waals surface area contributed by atoms with E-state index in [1.54, 1.807) is 0 Å². The maximum absolute atomic E-state index is 4.47. The van der Waals surface area contributed by atoms with Crippen LogP contribution in [0.1, 0.15) is 26.0 Å². The fourth-order valence-corrected chi connectivity index (χ4v) is 2.57. The van der Waals surface area contributed by atoms with Crippen LogP contribution < -0.4 is 4.90 Å². The fourth-order valence-electron chi connectivity index (χ4n) is 2.57. The van der Waals surface area contributed by atoms with Crippen LogP contribution in [0.2, 0.25) is 0 Å². The summed E-state index contributed by atoms with van der Waals surface area (Å²) in [5.74, 6) is 1.58. The highest BCUT2D eigenvalue weighted by Gasteiger charge is 2.25. The molecule has 0 aliphatic carbocycles. The summed E-state index contributed by atoms with van der Waals surface area (Å²) in [6, 6.07) is 2.60. The molecule has 1 aromatic rings. The lowest BCUT2D eigenvalue weighted by atomic mass is 10.1. The monoisotopic (exact) mass is 248 g/mol. The van der Waals surface area contributed by atoms with Gasteiger partial charge in [0, 0.05) is 38.1 Å². The normalized spacial score (nSPS) is 20.6. The second-order valence-electron chi connectivity index (χ2n) is 5.62. The summed E-state index contributed by atoms with van der Waals surface area (Å²) in [7, 11) is 2.09. The smallest absolute Gasteiger partial charge is 0.225 e. The van der Waals surface area contributed by atoms with Gasteiger partial charge in [-0.2, -0.15) is 0 Å². The Labute approximate surface area is 110 Å². The van der Waals surface area contributed by atoms with E-state index in [1.807, 2.05) is 19.2 Å². The molecule has 0 aromatic carbocycles. The van der Waals surface area contributed by atoms with Gasteiger partial charge in [-0.05, 0) is 45.7 Å². The molecule has 4 nitrogen and oxygen atoms in total. The van der Waals surface area contributed by atoms with E-state index in [-0.39, 0.29) is 0 Å². The third-order valence-corrected chi connectivity index (χ3v) is 3.70. The third-order valence-electron chi connectivity index (χ3n) is 3.70. The molecule has 2 rings (SSSR count). The van der Waals surface area contributed by atoms with E-state index in [4.69, 9.17) is 0 Å². The molecule has 1 aliphatic rings. The lowest BCUT2D eigenvalue weighted by Gasteiger charge is -2.23. The van der Waals surface area contributed by atoms with Gasteiger partial charge in [0.15, 0.2) is 0 Å². The number of aromatic nitrogens is 2. The van der Waals surface area contributed by atoms with Crippen molar-refractivity contribution in [3.8, 4) is 0 Å². The van der Waals surface area contributed by atoms with Crippen molar-refractivity contribution in [1.82, 2.24) is 14.9 Å². The van der Waals surface area contributed by atoms with Crippen LogP contribution in [0.15, 0.2) is 12.3 Å². The molecule has 4 heteroatoms. The van der Waals surface area contributed by atoms with Crippen molar-refractivity contribution in [2.24, 2.45) is 5.92 Å². The molecule has 2 heterocycles. The van der Waals surface area contributed by atoms with Gasteiger partial charge in [0.1, 0.15) is 0 Å². The Bertz CT molecular complexity index is 391. The van der Waals surface area contributed by atoms with Crippen molar-refractivity contribution in [2.75, 3.05) is 31.6 Å². The first kappa shape index (κ1) is 13.3. The van der Waals surface area contributed by atoms with Crippen LogP contribution in [-0.4, -0.2) is 47.6 Å². The number of rotatable bonds is 4. The van der Waals surface area contributed by atoms with Crippen molar-refractivity contribution in [3.63, 3.8) is 0 Å². The van der Waals surface area contributed by atoms with Crippen LogP contribution in [0, 0.1) is 12.8 Å². The van der Waals surface area contributed by atoms with E-state index in [0.717, 1.165) is 24.1 Å². The van der Waals surface area contributed by atoms with E-state index < -0.39 is 0 Å². The Morgan fingerprint density at radius 1 is 1.50 bits per heavy atom. The van der Waals surface area contributed by atoms with Crippen LogP contribution >= 0.6 is 0 Å². The molecule has 0 bridgehead atoms. The number of nitrogens with zero attached hydrogens (tertiary/aromatic N) is 4. The van der Waals surface area contributed by atoms with E-state index in [2.05, 4.69) is 40.7 Å². The lowest BCUT2D eigenvalue weighted by molar-refractivity contribution is 0.265. The van der Waals surface area contributed by atoms with Crippen LogP contribution in [0.4, 0.5) is 5.95 Å². The predicted molar refractivity (Wildman–Crippen MR) is 74.9 cm³/mol. The molecule has 18 heavy (non-hydrogen) atoms. The highest BCUT2D eigenvalue weighted by Crippen LogP contribution is 2.20. The quantitative estimate of drug-likeness (QED) is 0.815. The van der Waals surface area contributed by atoms with Crippen molar-refractivity contribution < 1.29 is 0 Å². The van der Waals surface area contributed by atoms with Gasteiger partial charge in [0.2, 0.25) is 5.95 Å². The van der Waals surface area contributed by atoms with Gasteiger partial charge in [-0.25, -0.2) is 9.97 Å². The molecule has 1 fully saturated rings. The van der Waals surface area contributed by atoms with E-state index >= 15 is 0 Å². The van der Waals surface area contributed by atoms with Crippen molar-refractivity contribution >= 4 is 5.95 Å². The Morgan fingerprint density at radius 2 is 2.28 bits per heavy atom. The first-order valence-corrected chi connectivity index (χ1v) is 6.81. The molecule has 1 aliphatic heterocycles. The summed E-state index contributed by atoms with van der Waals surface area (Å²) in [6.07, 6.45) is 3.12. The topological polar surface area (TPSA) is 32.3 Å². The van der Waals surface area contributed by atoms with Crippen molar-refractivity contribution in [1.29, 1.82) is 0 Å². The van der Waals surface area contributed by atoms with Crippen molar-refractivity contribution in [3.05, 3.63) is 18.0 Å². The van der Waals surface area contributed by atoms with Gasteiger partial charge in [-0.15, -0.1) is 0 Å². The number of hydrogen-bond acceptors (Lipinski definition) is 4. The van der Waals surface area contributed by atoms with Crippen LogP contribution in [0.25, 0.3) is 0 Å². The molecule has 0 N–H and O–H groups in total. The van der Waals surface area contributed by atoms with Crippen LogP contribution in [0.3, 0.4) is 0 Å². The third kappa shape index (κ3) is 3.19. The minimum Gasteiger partial charge on any atom is -0.344 e. The largest absolute Gasteiger partial charge is 0.344 e. The summed E-state index contributed by atoms with van der Waals surface area (Å²) in [6.45, 7) is 10.0. The molecule has 1 unspecified atom stereocenters. The number of likely N-dealkylation sites (tertiary alicyclic amines) is 1. The van der Waals surface area contributed by atoms with E-state index in [1.165, 1.54) is 19.5 Å². The Kier molecular flexibility index (Phi) is 4.17. The van der Waals surface area contributed by atoms with Crippen LogP contribution in [0.5, 0.6) is 0 Å². The highest BCUT2D eigenvalue weighted by molar-refractivity contribution is 5.28. The molecule has 0 radical (unpaired) electrons. The first-order chi connectivity index (χ1) is 8.56. The standard InChI is InChI=1S/C14H24N4/c1-11(2)18-8-6-13(10-18)9-17(4)14-15-7-5-12(3)16-14/h5,7,11,13H,6,8-10H2,1-4H3. The van der Waals surface area contributed by atoms with E-state index in [9.17, 15) is 0 Å². The first-order valence-electron chi connectivity index (χ1n) is 6.81. The summed E-state index contributed by atoms with van der Waals surface area (Å²) >= 11 is 0. The molecular formula is C14H24N4. The number of aryl methyl sites for hydroxylation is 1. The minimum absolute atomic E-state index is 0.663.